The number of fused-ring (bicyclic) bond motifs is 1. The van der Waals surface area contributed by atoms with Crippen LogP contribution < -0.4 is 0 Å². The molecule has 0 fully saturated rings. The number of pyridine rings is 1. The lowest BCUT2D eigenvalue weighted by atomic mass is 10.1. The maximum absolute atomic E-state index is 11.3. The second kappa shape index (κ2) is 13.5. The molecule has 27 heavy (non-hydrogen) atoms. The summed E-state index contributed by atoms with van der Waals surface area (Å²) < 4.78 is -0.128. The van der Waals surface area contributed by atoms with Crippen LogP contribution in [0.25, 0.3) is 10.9 Å². The van der Waals surface area contributed by atoms with Gasteiger partial charge >= 0.3 is 0 Å². The molecule has 1 heterocycles. The van der Waals surface area contributed by atoms with Gasteiger partial charge in [0.2, 0.25) is 0 Å². The first kappa shape index (κ1) is 23.4. The molecular formula is C23H38N2O2. The molecule has 4 heteroatoms. The Kier molecular flexibility index (Phi) is 11.7. The molecule has 1 N–H and O–H groups in total. The monoisotopic (exact) mass is 374 g/mol. The summed E-state index contributed by atoms with van der Waals surface area (Å²) in [4.78, 5) is 4.03. The minimum Gasteiger partial charge on any atom is -0.633 e. The van der Waals surface area contributed by atoms with Gasteiger partial charge < -0.3 is 15.0 Å². The second-order valence-electron chi connectivity index (χ2n) is 7.83. The summed E-state index contributed by atoms with van der Waals surface area (Å²) in [6.45, 7) is 3.03. The Morgan fingerprint density at radius 1 is 0.852 bits per heavy atom. The number of para-hydroxylation sites is 1. The third kappa shape index (κ3) is 11.6. The Balaban J connectivity index is 0.000000285. The number of phenolic OH excluding ortho intramolecular Hbond substituents is 1. The van der Waals surface area contributed by atoms with Gasteiger partial charge in [0, 0.05) is 11.6 Å². The molecule has 0 unspecified atom stereocenters. The van der Waals surface area contributed by atoms with E-state index in [1.54, 1.807) is 32.4 Å². The zero-order valence-corrected chi connectivity index (χ0v) is 17.5. The second-order valence-corrected chi connectivity index (χ2v) is 7.83. The maximum atomic E-state index is 11.3. The molecule has 0 amide bonds. The lowest BCUT2D eigenvalue weighted by Crippen LogP contribution is -2.32. The molecule has 4 nitrogen and oxygen atoms in total. The Morgan fingerprint density at radius 3 is 1.96 bits per heavy atom. The van der Waals surface area contributed by atoms with Crippen LogP contribution in [0.4, 0.5) is 0 Å². The van der Waals surface area contributed by atoms with Crippen LogP contribution in [-0.4, -0.2) is 35.4 Å². The van der Waals surface area contributed by atoms with Gasteiger partial charge in [-0.15, -0.1) is 0 Å². The van der Waals surface area contributed by atoms with Crippen LogP contribution in [-0.2, 0) is 0 Å². The number of aromatic hydroxyl groups is 1. The number of hydrogen-bond acceptors (Lipinski definition) is 3. The van der Waals surface area contributed by atoms with Crippen molar-refractivity contribution in [2.75, 3.05) is 20.6 Å². The summed E-state index contributed by atoms with van der Waals surface area (Å²) in [6.07, 6.45) is 15.0. The van der Waals surface area contributed by atoms with Crippen molar-refractivity contribution in [3.63, 3.8) is 0 Å². The molecule has 1 aromatic heterocycles. The molecule has 0 aliphatic carbocycles. The van der Waals surface area contributed by atoms with Gasteiger partial charge in [-0.3, -0.25) is 4.98 Å². The Labute approximate surface area is 165 Å². The first-order chi connectivity index (χ1) is 12.9. The number of aromatic nitrogens is 1. The first-order valence-corrected chi connectivity index (χ1v) is 10.5. The van der Waals surface area contributed by atoms with E-state index in [9.17, 15) is 10.3 Å². The first-order valence-electron chi connectivity index (χ1n) is 10.5. The van der Waals surface area contributed by atoms with Gasteiger partial charge in [0.1, 0.15) is 11.3 Å². The molecule has 0 saturated carbocycles. The predicted octanol–water partition coefficient (Wildman–Crippen LogP) is 6.42. The quantitative estimate of drug-likeness (QED) is 0.280. The van der Waals surface area contributed by atoms with Crippen LogP contribution in [0, 0.1) is 5.21 Å². The molecule has 0 atom stereocenters. The highest BCUT2D eigenvalue weighted by Gasteiger charge is 2.00. The van der Waals surface area contributed by atoms with Gasteiger partial charge in [0.15, 0.2) is 0 Å². The van der Waals surface area contributed by atoms with Crippen molar-refractivity contribution >= 4 is 10.9 Å². The number of phenols is 1. The largest absolute Gasteiger partial charge is 0.633 e. The number of quaternary nitrogens is 1. The summed E-state index contributed by atoms with van der Waals surface area (Å²) >= 11 is 0. The molecule has 2 rings (SSSR count). The third-order valence-electron chi connectivity index (χ3n) is 4.66. The third-order valence-corrected chi connectivity index (χ3v) is 4.66. The van der Waals surface area contributed by atoms with Crippen molar-refractivity contribution in [1.82, 2.24) is 4.98 Å². The standard InChI is InChI=1S/C14H31NO.C9H7NO/c1-4-5-6-7-8-9-10-11-12-13-14-15(2,3)16;11-8-5-1-3-7-4-2-6-10-9(7)8/h4-14H2,1-3H3;1-6,11H. The predicted molar refractivity (Wildman–Crippen MR) is 116 cm³/mol. The highest BCUT2D eigenvalue weighted by molar-refractivity contribution is 5.83. The summed E-state index contributed by atoms with van der Waals surface area (Å²) in [5, 5.41) is 21.6. The maximum Gasteiger partial charge on any atom is 0.141 e. The molecule has 152 valence electrons. The molecule has 0 aliphatic rings. The van der Waals surface area contributed by atoms with E-state index in [1.165, 1.54) is 57.8 Å². The molecule has 0 saturated heterocycles. The van der Waals surface area contributed by atoms with E-state index in [0.717, 1.165) is 18.4 Å². The number of rotatable bonds is 11. The number of hydrogen-bond donors (Lipinski definition) is 1. The van der Waals surface area contributed by atoms with Gasteiger partial charge in [-0.05, 0) is 25.0 Å². The number of hydroxylamine groups is 3. The van der Waals surface area contributed by atoms with E-state index in [1.807, 2.05) is 18.2 Å². The van der Waals surface area contributed by atoms with Crippen LogP contribution in [0.1, 0.15) is 71.1 Å². The smallest absolute Gasteiger partial charge is 0.141 e. The molecule has 0 spiro atoms. The lowest BCUT2D eigenvalue weighted by molar-refractivity contribution is -0.840. The van der Waals surface area contributed by atoms with Crippen molar-refractivity contribution in [3.05, 3.63) is 41.7 Å². The number of benzene rings is 1. The normalized spacial score (nSPS) is 11.3. The van der Waals surface area contributed by atoms with Crippen molar-refractivity contribution in [1.29, 1.82) is 0 Å². The number of unbranched alkanes of at least 4 members (excludes halogenated alkanes) is 9. The fourth-order valence-electron chi connectivity index (χ4n) is 3.07. The van der Waals surface area contributed by atoms with Crippen molar-refractivity contribution < 1.29 is 9.75 Å². The van der Waals surface area contributed by atoms with E-state index in [4.69, 9.17) is 0 Å². The zero-order chi connectivity index (χ0) is 20.0. The molecular weight excluding hydrogens is 336 g/mol. The summed E-state index contributed by atoms with van der Waals surface area (Å²) in [6, 6.07) is 9.13. The Morgan fingerprint density at radius 2 is 1.41 bits per heavy atom. The van der Waals surface area contributed by atoms with Crippen LogP contribution in [0.2, 0.25) is 0 Å². The SMILES string of the molecule is CCCCCCCCCCCC[N+](C)(C)[O-].Oc1cccc2cccnc12. The van der Waals surface area contributed by atoms with E-state index >= 15 is 0 Å². The minimum absolute atomic E-state index is 0.128. The molecule has 0 radical (unpaired) electrons. The number of nitrogens with zero attached hydrogens (tertiary/aromatic N) is 2. The van der Waals surface area contributed by atoms with E-state index < -0.39 is 0 Å². The topological polar surface area (TPSA) is 56.2 Å². The van der Waals surface area contributed by atoms with E-state index in [-0.39, 0.29) is 10.4 Å². The summed E-state index contributed by atoms with van der Waals surface area (Å²) in [5.41, 5.74) is 0.662. The van der Waals surface area contributed by atoms with Gasteiger partial charge in [0.05, 0.1) is 20.6 Å². The summed E-state index contributed by atoms with van der Waals surface area (Å²) in [7, 11) is 3.46. The van der Waals surface area contributed by atoms with Gasteiger partial charge in [-0.2, -0.15) is 0 Å². The van der Waals surface area contributed by atoms with Crippen molar-refractivity contribution in [2.24, 2.45) is 0 Å². The molecule has 1 aromatic carbocycles. The highest BCUT2D eigenvalue weighted by atomic mass is 16.5. The Bertz CT molecular complexity index is 618. The fourth-order valence-corrected chi connectivity index (χ4v) is 3.07. The Hall–Kier alpha value is -1.65. The van der Waals surface area contributed by atoms with Crippen LogP contribution in [0.3, 0.4) is 0 Å². The molecule has 2 aromatic rings. The average Bonchev–Trinajstić information content (AvgIpc) is 2.63. The van der Waals surface area contributed by atoms with Gasteiger partial charge in [-0.1, -0.05) is 76.5 Å². The van der Waals surface area contributed by atoms with Gasteiger partial charge in [-0.25, -0.2) is 0 Å². The lowest BCUT2D eigenvalue weighted by Gasteiger charge is -2.33. The van der Waals surface area contributed by atoms with E-state index in [0.29, 0.717) is 5.52 Å². The zero-order valence-electron chi connectivity index (χ0n) is 17.5. The van der Waals surface area contributed by atoms with E-state index in [2.05, 4.69) is 11.9 Å². The highest BCUT2D eigenvalue weighted by Crippen LogP contribution is 2.20. The minimum atomic E-state index is -0.128. The van der Waals surface area contributed by atoms with Crippen molar-refractivity contribution in [3.8, 4) is 5.75 Å². The van der Waals surface area contributed by atoms with Crippen molar-refractivity contribution in [2.45, 2.75) is 71.1 Å². The van der Waals surface area contributed by atoms with Crippen LogP contribution in [0.5, 0.6) is 5.75 Å². The van der Waals surface area contributed by atoms with Crippen LogP contribution in [0.15, 0.2) is 36.5 Å². The summed E-state index contributed by atoms with van der Waals surface area (Å²) in [5.74, 6) is 0.239. The van der Waals surface area contributed by atoms with Crippen LogP contribution >= 0.6 is 0 Å². The molecule has 0 bridgehead atoms. The van der Waals surface area contributed by atoms with Gasteiger partial charge in [0.25, 0.3) is 0 Å². The molecule has 0 aliphatic heterocycles. The fraction of sp³-hybridized carbons (Fsp3) is 0.609. The average molecular weight is 375 g/mol.